The van der Waals surface area contributed by atoms with Crippen LogP contribution in [-0.2, 0) is 29.0 Å². The fraction of sp³-hybridized carbons (Fsp3) is 0.263. The second-order valence-electron chi connectivity index (χ2n) is 6.05. The Kier molecular flexibility index (Phi) is 4.51. The molecule has 0 aromatic heterocycles. The van der Waals surface area contributed by atoms with Gasteiger partial charge in [0.05, 0.1) is 6.42 Å². The van der Waals surface area contributed by atoms with Gasteiger partial charge in [-0.25, -0.2) is 0 Å². The molecule has 1 aliphatic rings. The Labute approximate surface area is 141 Å². The smallest absolute Gasteiger partial charge is 0.242 e. The van der Waals surface area contributed by atoms with Crippen molar-refractivity contribution < 1.29 is 9.59 Å². The molecule has 0 saturated heterocycles. The molecule has 3 rings (SSSR count). The molecule has 1 atom stereocenters. The first kappa shape index (κ1) is 16.1. The number of likely N-dealkylation sites (N-methyl/N-ethyl adjacent to an activating group) is 1. The molecule has 2 aromatic rings. The zero-order valence-electron chi connectivity index (χ0n) is 13.7. The van der Waals surface area contributed by atoms with Gasteiger partial charge in [0.1, 0.15) is 6.04 Å². The SMILES string of the molecule is CNC(=O)[C@@H]1Cc2ccccc2CN1C(=O)Cc1cccc(N)c1. The van der Waals surface area contributed by atoms with Gasteiger partial charge in [0, 0.05) is 25.7 Å². The van der Waals surface area contributed by atoms with Crippen LogP contribution in [0.15, 0.2) is 48.5 Å². The van der Waals surface area contributed by atoms with Gasteiger partial charge in [-0.3, -0.25) is 9.59 Å². The second kappa shape index (κ2) is 6.74. The van der Waals surface area contributed by atoms with Gasteiger partial charge in [0.2, 0.25) is 11.8 Å². The van der Waals surface area contributed by atoms with Crippen molar-refractivity contribution in [3.8, 4) is 0 Å². The number of hydrogen-bond donors (Lipinski definition) is 2. The van der Waals surface area contributed by atoms with Crippen LogP contribution in [0.1, 0.15) is 16.7 Å². The summed E-state index contributed by atoms with van der Waals surface area (Å²) < 4.78 is 0. The number of hydrogen-bond acceptors (Lipinski definition) is 3. The van der Waals surface area contributed by atoms with Gasteiger partial charge in [0.15, 0.2) is 0 Å². The van der Waals surface area contributed by atoms with Crippen molar-refractivity contribution in [1.82, 2.24) is 10.2 Å². The van der Waals surface area contributed by atoms with E-state index in [1.807, 2.05) is 36.4 Å². The van der Waals surface area contributed by atoms with Crippen molar-refractivity contribution in [2.75, 3.05) is 12.8 Å². The van der Waals surface area contributed by atoms with Crippen LogP contribution in [0.4, 0.5) is 5.69 Å². The number of rotatable bonds is 3. The molecule has 5 nitrogen and oxygen atoms in total. The van der Waals surface area contributed by atoms with Gasteiger partial charge in [-0.05, 0) is 28.8 Å². The third-order valence-electron chi connectivity index (χ3n) is 4.42. The molecule has 2 aromatic carbocycles. The van der Waals surface area contributed by atoms with Crippen LogP contribution in [0.3, 0.4) is 0 Å². The first-order valence-corrected chi connectivity index (χ1v) is 8.00. The summed E-state index contributed by atoms with van der Waals surface area (Å²) in [7, 11) is 1.60. The summed E-state index contributed by atoms with van der Waals surface area (Å²) >= 11 is 0. The molecule has 0 fully saturated rings. The lowest BCUT2D eigenvalue weighted by molar-refractivity contribution is -0.141. The normalized spacial score (nSPS) is 16.4. The highest BCUT2D eigenvalue weighted by atomic mass is 16.2. The second-order valence-corrected chi connectivity index (χ2v) is 6.05. The lowest BCUT2D eigenvalue weighted by Gasteiger charge is -2.36. The Morgan fingerprint density at radius 3 is 2.62 bits per heavy atom. The molecular weight excluding hydrogens is 302 g/mol. The number of carbonyl (C=O) groups excluding carboxylic acids is 2. The Bertz CT molecular complexity index is 773. The number of carbonyl (C=O) groups is 2. The van der Waals surface area contributed by atoms with Crippen molar-refractivity contribution in [2.45, 2.75) is 25.4 Å². The molecule has 24 heavy (non-hydrogen) atoms. The summed E-state index contributed by atoms with van der Waals surface area (Å²) in [4.78, 5) is 26.8. The van der Waals surface area contributed by atoms with Crippen molar-refractivity contribution in [2.24, 2.45) is 0 Å². The zero-order chi connectivity index (χ0) is 17.1. The average Bonchev–Trinajstić information content (AvgIpc) is 2.60. The Balaban J connectivity index is 1.85. The molecule has 3 N–H and O–H groups in total. The van der Waals surface area contributed by atoms with E-state index in [4.69, 9.17) is 5.73 Å². The molecule has 1 heterocycles. The summed E-state index contributed by atoms with van der Waals surface area (Å²) in [5, 5.41) is 2.67. The number of amides is 2. The van der Waals surface area contributed by atoms with Crippen LogP contribution in [0.5, 0.6) is 0 Å². The van der Waals surface area contributed by atoms with Crippen molar-refractivity contribution >= 4 is 17.5 Å². The Morgan fingerprint density at radius 2 is 1.92 bits per heavy atom. The Morgan fingerprint density at radius 1 is 1.17 bits per heavy atom. The third kappa shape index (κ3) is 3.25. The highest BCUT2D eigenvalue weighted by molar-refractivity contribution is 5.89. The molecule has 0 unspecified atom stereocenters. The van der Waals surface area contributed by atoms with Crippen molar-refractivity contribution in [1.29, 1.82) is 0 Å². The lowest BCUT2D eigenvalue weighted by Crippen LogP contribution is -2.52. The molecule has 2 amide bonds. The van der Waals surface area contributed by atoms with E-state index in [2.05, 4.69) is 5.32 Å². The van der Waals surface area contributed by atoms with Crippen LogP contribution >= 0.6 is 0 Å². The van der Waals surface area contributed by atoms with E-state index in [0.717, 1.165) is 16.7 Å². The highest BCUT2D eigenvalue weighted by Gasteiger charge is 2.33. The number of benzene rings is 2. The van der Waals surface area contributed by atoms with Crippen LogP contribution in [0.25, 0.3) is 0 Å². The Hall–Kier alpha value is -2.82. The highest BCUT2D eigenvalue weighted by Crippen LogP contribution is 2.24. The standard InChI is InChI=1S/C19H21N3O2/c1-21-19(24)17-11-14-6-2-3-7-15(14)12-22(17)18(23)10-13-5-4-8-16(20)9-13/h2-9,17H,10-12,20H2,1H3,(H,21,24)/t17-/m0/s1. The quantitative estimate of drug-likeness (QED) is 0.841. The summed E-state index contributed by atoms with van der Waals surface area (Å²) in [6.07, 6.45) is 0.777. The molecule has 0 saturated carbocycles. The van der Waals surface area contributed by atoms with E-state index in [1.165, 1.54) is 0 Å². The summed E-state index contributed by atoms with van der Waals surface area (Å²) in [6, 6.07) is 14.8. The largest absolute Gasteiger partial charge is 0.399 e. The molecule has 0 bridgehead atoms. The zero-order valence-corrected chi connectivity index (χ0v) is 13.7. The molecule has 1 aliphatic heterocycles. The van der Waals surface area contributed by atoms with Crippen LogP contribution in [0.2, 0.25) is 0 Å². The molecule has 0 radical (unpaired) electrons. The topological polar surface area (TPSA) is 75.4 Å². The number of nitrogens with one attached hydrogen (secondary N) is 1. The van der Waals surface area contributed by atoms with Gasteiger partial charge in [-0.2, -0.15) is 0 Å². The first-order valence-electron chi connectivity index (χ1n) is 8.00. The summed E-state index contributed by atoms with van der Waals surface area (Å²) in [6.45, 7) is 0.454. The van der Waals surface area contributed by atoms with Crippen LogP contribution in [-0.4, -0.2) is 29.8 Å². The lowest BCUT2D eigenvalue weighted by atomic mass is 9.93. The van der Waals surface area contributed by atoms with E-state index < -0.39 is 6.04 Å². The molecule has 0 aliphatic carbocycles. The summed E-state index contributed by atoms with van der Waals surface area (Å²) in [5.41, 5.74) is 9.49. The minimum Gasteiger partial charge on any atom is -0.399 e. The van der Waals surface area contributed by atoms with Gasteiger partial charge in [-0.1, -0.05) is 36.4 Å². The maximum atomic E-state index is 12.8. The van der Waals surface area contributed by atoms with Gasteiger partial charge >= 0.3 is 0 Å². The van der Waals surface area contributed by atoms with Crippen molar-refractivity contribution in [3.63, 3.8) is 0 Å². The fourth-order valence-corrected chi connectivity index (χ4v) is 3.17. The first-order chi connectivity index (χ1) is 11.6. The van der Waals surface area contributed by atoms with E-state index >= 15 is 0 Å². The van der Waals surface area contributed by atoms with Gasteiger partial charge < -0.3 is 16.0 Å². The number of nitrogen functional groups attached to an aromatic ring is 1. The maximum Gasteiger partial charge on any atom is 0.242 e. The minimum atomic E-state index is -0.474. The number of fused-ring (bicyclic) bond motifs is 1. The van der Waals surface area contributed by atoms with E-state index in [9.17, 15) is 9.59 Å². The van der Waals surface area contributed by atoms with Gasteiger partial charge in [0.25, 0.3) is 0 Å². The van der Waals surface area contributed by atoms with Crippen LogP contribution < -0.4 is 11.1 Å². The van der Waals surface area contributed by atoms with E-state index in [0.29, 0.717) is 18.7 Å². The summed E-state index contributed by atoms with van der Waals surface area (Å²) in [5.74, 6) is -0.200. The molecular formula is C19H21N3O2. The molecule has 0 spiro atoms. The van der Waals surface area contributed by atoms with Crippen molar-refractivity contribution in [3.05, 3.63) is 65.2 Å². The predicted octanol–water partition coefficient (Wildman–Crippen LogP) is 1.51. The fourth-order valence-electron chi connectivity index (χ4n) is 3.17. The average molecular weight is 323 g/mol. The van der Waals surface area contributed by atoms with E-state index in [1.54, 1.807) is 24.1 Å². The predicted molar refractivity (Wildman–Crippen MR) is 93.1 cm³/mol. The van der Waals surface area contributed by atoms with Gasteiger partial charge in [-0.15, -0.1) is 0 Å². The van der Waals surface area contributed by atoms with E-state index in [-0.39, 0.29) is 18.2 Å². The monoisotopic (exact) mass is 323 g/mol. The van der Waals surface area contributed by atoms with Crippen LogP contribution in [0, 0.1) is 0 Å². The number of nitrogens with two attached hydrogens (primary N) is 1. The minimum absolute atomic E-state index is 0.0660. The number of anilines is 1. The third-order valence-corrected chi connectivity index (χ3v) is 4.42. The number of nitrogens with zero attached hydrogens (tertiary/aromatic N) is 1. The molecule has 124 valence electrons. The maximum absolute atomic E-state index is 12.8. The molecule has 5 heteroatoms.